The third-order valence-corrected chi connectivity index (χ3v) is 3.82. The molecule has 2 unspecified atom stereocenters. The molecule has 0 bridgehead atoms. The lowest BCUT2D eigenvalue weighted by atomic mass is 10.0. The van der Waals surface area contributed by atoms with Gasteiger partial charge in [0.2, 0.25) is 0 Å². The molecule has 0 amide bonds. The van der Waals surface area contributed by atoms with Crippen LogP contribution in [0.5, 0.6) is 0 Å². The fourth-order valence-corrected chi connectivity index (χ4v) is 3.28. The van der Waals surface area contributed by atoms with Gasteiger partial charge in [0.15, 0.2) is 0 Å². The number of halogens is 3. The highest BCUT2D eigenvalue weighted by molar-refractivity contribution is 7.99. The van der Waals surface area contributed by atoms with Gasteiger partial charge in [0, 0.05) is 18.4 Å². The molecule has 0 aromatic heterocycles. The molecule has 1 rings (SSSR count). The summed E-state index contributed by atoms with van der Waals surface area (Å²) in [6, 6.07) is 0.435. The Balaban J connectivity index is 2.12. The van der Waals surface area contributed by atoms with Gasteiger partial charge in [-0.2, -0.15) is 24.9 Å². The van der Waals surface area contributed by atoms with Crippen LogP contribution in [-0.2, 0) is 4.74 Å². The van der Waals surface area contributed by atoms with Gasteiger partial charge in [-0.1, -0.05) is 6.92 Å². The molecular formula is C10H18F3NOS. The van der Waals surface area contributed by atoms with Crippen LogP contribution in [-0.4, -0.2) is 43.5 Å². The minimum Gasteiger partial charge on any atom is -0.372 e. The number of thioether (sulfide) groups is 1. The van der Waals surface area contributed by atoms with Crippen LogP contribution in [0.4, 0.5) is 13.2 Å². The molecule has 1 N–H and O–H groups in total. The maximum atomic E-state index is 11.8. The van der Waals surface area contributed by atoms with Crippen molar-refractivity contribution >= 4 is 11.8 Å². The van der Waals surface area contributed by atoms with Crippen molar-refractivity contribution < 1.29 is 17.9 Å². The van der Waals surface area contributed by atoms with E-state index in [9.17, 15) is 13.2 Å². The average Bonchev–Trinajstić information content (AvgIpc) is 2.60. The van der Waals surface area contributed by atoms with E-state index in [2.05, 4.69) is 10.1 Å². The van der Waals surface area contributed by atoms with E-state index in [1.54, 1.807) is 0 Å². The molecule has 0 aromatic rings. The number of hydrogen-bond donors (Lipinski definition) is 1. The summed E-state index contributed by atoms with van der Waals surface area (Å²) in [4.78, 5) is 0. The molecule has 1 aliphatic rings. The second-order valence-electron chi connectivity index (χ2n) is 3.92. The molecule has 1 saturated heterocycles. The number of ether oxygens (including phenoxy) is 1. The Kier molecular flexibility index (Phi) is 5.92. The van der Waals surface area contributed by atoms with Gasteiger partial charge in [-0.15, -0.1) is 0 Å². The van der Waals surface area contributed by atoms with Crippen LogP contribution in [0.2, 0.25) is 0 Å². The molecule has 16 heavy (non-hydrogen) atoms. The van der Waals surface area contributed by atoms with Crippen LogP contribution in [0.1, 0.15) is 13.3 Å². The Morgan fingerprint density at radius 1 is 1.38 bits per heavy atom. The number of nitrogens with one attached hydrogen (secondary N) is 1. The van der Waals surface area contributed by atoms with Crippen LogP contribution >= 0.6 is 11.8 Å². The maximum Gasteiger partial charge on any atom is 0.411 e. The molecule has 0 saturated carbocycles. The largest absolute Gasteiger partial charge is 0.411 e. The van der Waals surface area contributed by atoms with E-state index in [0.717, 1.165) is 18.1 Å². The van der Waals surface area contributed by atoms with Crippen LogP contribution in [0.15, 0.2) is 0 Å². The Bertz CT molecular complexity index is 201. The molecule has 2 atom stereocenters. The first-order chi connectivity index (χ1) is 7.53. The van der Waals surface area contributed by atoms with E-state index < -0.39 is 12.8 Å². The van der Waals surface area contributed by atoms with Gasteiger partial charge in [0.25, 0.3) is 0 Å². The molecule has 96 valence electrons. The van der Waals surface area contributed by atoms with Crippen LogP contribution < -0.4 is 5.32 Å². The normalized spacial score (nSPS) is 26.2. The first-order valence-corrected chi connectivity index (χ1v) is 6.64. The summed E-state index contributed by atoms with van der Waals surface area (Å²) in [6.07, 6.45) is -3.49. The number of alkyl halides is 3. The lowest BCUT2D eigenvalue weighted by Gasteiger charge is -2.19. The molecule has 1 fully saturated rings. The first kappa shape index (κ1) is 14.1. The summed E-state index contributed by atoms with van der Waals surface area (Å²) in [5.41, 5.74) is 0. The van der Waals surface area contributed by atoms with Gasteiger partial charge in [-0.05, 0) is 24.6 Å². The van der Waals surface area contributed by atoms with Gasteiger partial charge in [-0.3, -0.25) is 0 Å². The average molecular weight is 257 g/mol. The third kappa shape index (κ3) is 5.41. The SMILES string of the molecule is CCNC1CSCC1CCOCC(F)(F)F. The highest BCUT2D eigenvalue weighted by Gasteiger charge is 2.29. The van der Waals surface area contributed by atoms with Gasteiger partial charge < -0.3 is 10.1 Å². The quantitative estimate of drug-likeness (QED) is 0.738. The zero-order chi connectivity index (χ0) is 12.0. The standard InChI is InChI=1S/C10H18F3NOS/c1-2-14-9-6-16-5-8(9)3-4-15-7-10(11,12)13/h8-9,14H,2-7H2,1H3. The molecule has 0 spiro atoms. The summed E-state index contributed by atoms with van der Waals surface area (Å²) < 4.78 is 40.1. The van der Waals surface area contributed by atoms with Crippen LogP contribution in [0.3, 0.4) is 0 Å². The molecule has 0 aliphatic carbocycles. The highest BCUT2D eigenvalue weighted by atomic mass is 32.2. The van der Waals surface area contributed by atoms with Gasteiger partial charge in [0.05, 0.1) is 0 Å². The maximum absolute atomic E-state index is 11.8. The summed E-state index contributed by atoms with van der Waals surface area (Å²) in [5, 5.41) is 3.35. The zero-order valence-electron chi connectivity index (χ0n) is 9.35. The van der Waals surface area contributed by atoms with Gasteiger partial charge >= 0.3 is 6.18 Å². The Hall–Kier alpha value is 0.0600. The van der Waals surface area contributed by atoms with Crippen molar-refractivity contribution in [1.29, 1.82) is 0 Å². The molecule has 0 radical (unpaired) electrons. The molecule has 1 heterocycles. The lowest BCUT2D eigenvalue weighted by molar-refractivity contribution is -0.174. The molecule has 0 aromatic carbocycles. The fraction of sp³-hybridized carbons (Fsp3) is 1.00. The van der Waals surface area contributed by atoms with Crippen molar-refractivity contribution in [2.75, 3.05) is 31.3 Å². The number of rotatable bonds is 6. The van der Waals surface area contributed by atoms with Crippen molar-refractivity contribution in [3.8, 4) is 0 Å². The smallest absolute Gasteiger partial charge is 0.372 e. The fourth-order valence-electron chi connectivity index (χ4n) is 1.79. The third-order valence-electron chi connectivity index (χ3n) is 2.56. The minimum atomic E-state index is -4.20. The summed E-state index contributed by atoms with van der Waals surface area (Å²) in [7, 11) is 0. The first-order valence-electron chi connectivity index (χ1n) is 5.48. The Morgan fingerprint density at radius 3 is 2.75 bits per heavy atom. The molecule has 6 heteroatoms. The van der Waals surface area contributed by atoms with Crippen molar-refractivity contribution in [3.05, 3.63) is 0 Å². The summed E-state index contributed by atoms with van der Waals surface area (Å²) >= 11 is 1.85. The van der Waals surface area contributed by atoms with Crippen LogP contribution in [0.25, 0.3) is 0 Å². The van der Waals surface area contributed by atoms with E-state index in [-0.39, 0.29) is 6.61 Å². The monoisotopic (exact) mass is 257 g/mol. The Labute approximate surface area is 98.3 Å². The second-order valence-corrected chi connectivity index (χ2v) is 4.99. The van der Waals surface area contributed by atoms with Crippen molar-refractivity contribution in [2.24, 2.45) is 5.92 Å². The van der Waals surface area contributed by atoms with E-state index in [4.69, 9.17) is 0 Å². The van der Waals surface area contributed by atoms with Crippen molar-refractivity contribution in [2.45, 2.75) is 25.6 Å². The van der Waals surface area contributed by atoms with E-state index in [0.29, 0.717) is 18.4 Å². The lowest BCUT2D eigenvalue weighted by Crippen LogP contribution is -2.35. The molecule has 1 aliphatic heterocycles. The summed E-state index contributed by atoms with van der Waals surface area (Å²) in [5.74, 6) is 2.52. The molecule has 2 nitrogen and oxygen atoms in total. The predicted molar refractivity (Wildman–Crippen MR) is 59.8 cm³/mol. The Morgan fingerprint density at radius 2 is 2.12 bits per heavy atom. The second kappa shape index (κ2) is 6.71. The minimum absolute atomic E-state index is 0.201. The van der Waals surface area contributed by atoms with Gasteiger partial charge in [0.1, 0.15) is 6.61 Å². The van der Waals surface area contributed by atoms with Crippen LogP contribution in [0, 0.1) is 5.92 Å². The molecular weight excluding hydrogens is 239 g/mol. The zero-order valence-corrected chi connectivity index (χ0v) is 10.2. The topological polar surface area (TPSA) is 21.3 Å². The van der Waals surface area contributed by atoms with Crippen molar-refractivity contribution in [1.82, 2.24) is 5.32 Å². The van der Waals surface area contributed by atoms with E-state index in [1.165, 1.54) is 0 Å². The van der Waals surface area contributed by atoms with Crippen molar-refractivity contribution in [3.63, 3.8) is 0 Å². The highest BCUT2D eigenvalue weighted by Crippen LogP contribution is 2.27. The predicted octanol–water partition coefficient (Wildman–Crippen LogP) is 2.30. The number of hydrogen-bond acceptors (Lipinski definition) is 3. The van der Waals surface area contributed by atoms with Gasteiger partial charge in [-0.25, -0.2) is 0 Å². The van der Waals surface area contributed by atoms with E-state index >= 15 is 0 Å². The summed E-state index contributed by atoms with van der Waals surface area (Å²) in [6.45, 7) is 2.02. The van der Waals surface area contributed by atoms with E-state index in [1.807, 2.05) is 18.7 Å².